The molecule has 0 unspecified atom stereocenters. The molecular weight excluding hydrogens is 889 g/mol. The highest BCUT2D eigenvalue weighted by atomic mass is 32.1. The van der Waals surface area contributed by atoms with Gasteiger partial charge in [0.05, 0.1) is 0 Å². The normalized spacial score (nSPS) is 12.0. The Bertz CT molecular complexity index is 4570. The molecule has 0 N–H and O–H groups in total. The van der Waals surface area contributed by atoms with Crippen molar-refractivity contribution in [2.45, 2.75) is 0 Å². The van der Waals surface area contributed by atoms with E-state index in [1.165, 1.54) is 107 Å². The minimum absolute atomic E-state index is 0.897. The Labute approximate surface area is 410 Å². The van der Waals surface area contributed by atoms with Crippen LogP contribution in [0, 0.1) is 0 Å². The van der Waals surface area contributed by atoms with Crippen molar-refractivity contribution in [1.29, 1.82) is 0 Å². The molecule has 0 saturated carbocycles. The van der Waals surface area contributed by atoms with Crippen LogP contribution in [0.5, 0.6) is 0 Å². The summed E-state index contributed by atoms with van der Waals surface area (Å²) >= 11 is 3.71. The topological polar surface area (TPSA) is 26.3 Å². The molecule has 0 radical (unpaired) electrons. The van der Waals surface area contributed by atoms with E-state index >= 15 is 0 Å². The lowest BCUT2D eigenvalue weighted by Gasteiger charge is -2.08. The third kappa shape index (κ3) is 6.45. The highest BCUT2D eigenvalue weighted by molar-refractivity contribution is 7.26. The molecule has 0 aliphatic rings. The molecule has 4 heteroatoms. The fourth-order valence-corrected chi connectivity index (χ4v) is 12.8. The van der Waals surface area contributed by atoms with Gasteiger partial charge in [-0.1, -0.05) is 140 Å². The lowest BCUT2D eigenvalue weighted by atomic mass is 9.96. The van der Waals surface area contributed by atoms with Crippen molar-refractivity contribution in [3.63, 3.8) is 0 Å². The van der Waals surface area contributed by atoms with E-state index in [2.05, 4.69) is 218 Å². The Hall–Kier alpha value is -8.54. The lowest BCUT2D eigenvalue weighted by Crippen LogP contribution is -1.83. The van der Waals surface area contributed by atoms with Gasteiger partial charge in [0.15, 0.2) is 0 Å². The van der Waals surface area contributed by atoms with Gasteiger partial charge in [0.2, 0.25) is 0 Å². The maximum absolute atomic E-state index is 6.40. The number of benzene rings is 11. The average molecular weight is 927 g/mol. The first kappa shape index (κ1) is 39.5. The highest BCUT2D eigenvalue weighted by Gasteiger charge is 2.15. The molecule has 0 aliphatic carbocycles. The van der Waals surface area contributed by atoms with Crippen molar-refractivity contribution in [3.05, 3.63) is 231 Å². The number of para-hydroxylation sites is 1. The second kappa shape index (κ2) is 15.5. The van der Waals surface area contributed by atoms with E-state index in [9.17, 15) is 0 Å². The minimum atomic E-state index is 0.897. The van der Waals surface area contributed by atoms with E-state index in [1.54, 1.807) is 0 Å². The van der Waals surface area contributed by atoms with Gasteiger partial charge in [-0.05, 0) is 158 Å². The molecular formula is C66H38O2S2. The first-order chi connectivity index (χ1) is 34.6. The van der Waals surface area contributed by atoms with E-state index in [1.807, 2.05) is 34.8 Å². The van der Waals surface area contributed by atoms with Gasteiger partial charge in [-0.2, -0.15) is 0 Å². The second-order valence-corrected chi connectivity index (χ2v) is 20.6. The van der Waals surface area contributed by atoms with Crippen LogP contribution in [0.3, 0.4) is 0 Å². The van der Waals surface area contributed by atoms with Crippen LogP contribution in [-0.2, 0) is 0 Å². The maximum Gasteiger partial charge on any atom is 0.135 e. The molecule has 326 valence electrons. The number of hydrogen-bond donors (Lipinski definition) is 0. The van der Waals surface area contributed by atoms with Gasteiger partial charge in [-0.15, -0.1) is 22.7 Å². The summed E-state index contributed by atoms with van der Waals surface area (Å²) in [6.45, 7) is 0. The average Bonchev–Trinajstić information content (AvgIpc) is 4.20. The fourth-order valence-electron chi connectivity index (χ4n) is 10.7. The van der Waals surface area contributed by atoms with E-state index in [0.717, 1.165) is 43.9 Å². The van der Waals surface area contributed by atoms with Crippen molar-refractivity contribution in [1.82, 2.24) is 0 Å². The van der Waals surface area contributed by atoms with E-state index < -0.39 is 0 Å². The van der Waals surface area contributed by atoms with Crippen molar-refractivity contribution >= 4 is 107 Å². The molecule has 4 aromatic heterocycles. The smallest absolute Gasteiger partial charge is 0.135 e. The molecule has 0 saturated heterocycles. The maximum atomic E-state index is 6.40. The van der Waals surface area contributed by atoms with Crippen molar-refractivity contribution in [3.8, 4) is 66.8 Å². The molecule has 0 spiro atoms. The number of furan rings is 2. The fraction of sp³-hybridized carbons (Fsp3) is 0. The van der Waals surface area contributed by atoms with Crippen LogP contribution < -0.4 is 0 Å². The Balaban J connectivity index is 0.702. The molecule has 2 nitrogen and oxygen atoms in total. The number of hydrogen-bond acceptors (Lipinski definition) is 4. The summed E-state index contributed by atoms with van der Waals surface area (Å²) < 4.78 is 17.7. The van der Waals surface area contributed by atoms with Gasteiger partial charge < -0.3 is 8.83 Å². The summed E-state index contributed by atoms with van der Waals surface area (Å²) in [5.74, 6) is 0. The molecule has 70 heavy (non-hydrogen) atoms. The molecule has 0 atom stereocenters. The Kier molecular flexibility index (Phi) is 8.73. The number of thiophene rings is 2. The van der Waals surface area contributed by atoms with Crippen LogP contribution in [-0.4, -0.2) is 0 Å². The van der Waals surface area contributed by atoms with Gasteiger partial charge >= 0.3 is 0 Å². The summed E-state index contributed by atoms with van der Waals surface area (Å²) in [5, 5.41) is 9.73. The highest BCUT2D eigenvalue weighted by Crippen LogP contribution is 2.43. The first-order valence-electron chi connectivity index (χ1n) is 23.7. The zero-order valence-electron chi connectivity index (χ0n) is 37.6. The molecule has 11 aromatic carbocycles. The second-order valence-electron chi connectivity index (χ2n) is 18.4. The number of rotatable bonds is 6. The van der Waals surface area contributed by atoms with E-state index in [0.29, 0.717) is 0 Å². The summed E-state index contributed by atoms with van der Waals surface area (Å²) in [5.41, 5.74) is 18.0. The summed E-state index contributed by atoms with van der Waals surface area (Å²) in [6, 6.07) is 84.1. The predicted octanol–water partition coefficient (Wildman–Crippen LogP) is 20.2. The zero-order chi connectivity index (χ0) is 45.9. The van der Waals surface area contributed by atoms with Crippen LogP contribution in [0.1, 0.15) is 0 Å². The first-order valence-corrected chi connectivity index (χ1v) is 25.3. The van der Waals surface area contributed by atoms with Gasteiger partial charge in [0.25, 0.3) is 0 Å². The van der Waals surface area contributed by atoms with Crippen LogP contribution in [0.15, 0.2) is 239 Å². The Morgan fingerprint density at radius 1 is 0.186 bits per heavy atom. The van der Waals surface area contributed by atoms with Gasteiger partial charge in [-0.3, -0.25) is 0 Å². The van der Waals surface area contributed by atoms with Crippen molar-refractivity contribution in [2.75, 3.05) is 0 Å². The van der Waals surface area contributed by atoms with Crippen LogP contribution in [0.25, 0.3) is 151 Å². The van der Waals surface area contributed by atoms with E-state index in [-0.39, 0.29) is 0 Å². The summed E-state index contributed by atoms with van der Waals surface area (Å²) in [7, 11) is 0. The summed E-state index contributed by atoms with van der Waals surface area (Å²) in [6.07, 6.45) is 0. The molecule has 0 bridgehead atoms. The Morgan fingerprint density at radius 3 is 0.843 bits per heavy atom. The summed E-state index contributed by atoms with van der Waals surface area (Å²) in [4.78, 5) is 0. The standard InChI is InChI=1S/C66H38O2S2/c1-2-6-39(7-3-1)45-21-28-63-55(35-45)57-38-50(24-31-65(57)69-63)48-20-27-62-54(34-48)53-32-44(18-25-61(53)68-62)42-14-10-40(11-15-42)41-12-16-43(17-13-41)46-22-29-64-56(36-46)58-37-49(23-30-66(58)70-64)47-19-26-60-52(33-47)51-8-4-5-9-59(51)67-60/h1-38H. The monoisotopic (exact) mass is 926 g/mol. The minimum Gasteiger partial charge on any atom is -0.456 e. The molecule has 15 rings (SSSR count). The molecule has 0 fully saturated rings. The predicted molar refractivity (Wildman–Crippen MR) is 299 cm³/mol. The molecule has 0 aliphatic heterocycles. The largest absolute Gasteiger partial charge is 0.456 e. The van der Waals surface area contributed by atoms with Crippen molar-refractivity contribution in [2.24, 2.45) is 0 Å². The SMILES string of the molecule is c1ccc(-c2ccc3sc4ccc(-c5ccc6oc7ccc(-c8ccc(-c9ccc(-c%10ccc%11sc%12ccc(-c%13ccc%14oc%15ccccc%15c%14c%13)cc%12c%11c%10)cc9)cc8)cc7c6c5)cc4c3c2)cc1. The third-order valence-corrected chi connectivity index (χ3v) is 16.6. The van der Waals surface area contributed by atoms with Crippen LogP contribution >= 0.6 is 22.7 Å². The van der Waals surface area contributed by atoms with Gasteiger partial charge in [-0.25, -0.2) is 0 Å². The zero-order valence-corrected chi connectivity index (χ0v) is 39.2. The van der Waals surface area contributed by atoms with Gasteiger partial charge in [0.1, 0.15) is 22.3 Å². The molecule has 15 aromatic rings. The molecule has 0 amide bonds. The van der Waals surface area contributed by atoms with Crippen LogP contribution in [0.4, 0.5) is 0 Å². The Morgan fingerprint density at radius 2 is 0.443 bits per heavy atom. The third-order valence-electron chi connectivity index (χ3n) is 14.3. The lowest BCUT2D eigenvalue weighted by molar-refractivity contribution is 0.668. The molecule has 4 heterocycles. The van der Waals surface area contributed by atoms with E-state index in [4.69, 9.17) is 8.83 Å². The quantitative estimate of drug-likeness (QED) is 0.166. The van der Waals surface area contributed by atoms with Crippen molar-refractivity contribution < 1.29 is 8.83 Å². The van der Waals surface area contributed by atoms with Gasteiger partial charge in [0, 0.05) is 61.9 Å². The number of fused-ring (bicyclic) bond motifs is 12. The van der Waals surface area contributed by atoms with Crippen LogP contribution in [0.2, 0.25) is 0 Å².